The molecule has 162 valence electrons. The molecule has 0 bridgehead atoms. The highest BCUT2D eigenvalue weighted by Gasteiger charge is 2.31. The van der Waals surface area contributed by atoms with Gasteiger partial charge in [0.1, 0.15) is 6.04 Å². The Morgan fingerprint density at radius 2 is 1.83 bits per heavy atom. The minimum absolute atomic E-state index is 0.127. The largest absolute Gasteiger partial charge is 0.467 e. The number of methoxy groups -OCH3 is 1. The molecule has 9 heteroatoms. The van der Waals surface area contributed by atoms with Gasteiger partial charge in [-0.05, 0) is 30.5 Å². The third kappa shape index (κ3) is 6.92. The van der Waals surface area contributed by atoms with Crippen LogP contribution in [0.25, 0.3) is 0 Å². The van der Waals surface area contributed by atoms with Crippen molar-refractivity contribution in [2.45, 2.75) is 32.5 Å². The number of hydrogen-bond donors (Lipinski definition) is 1. The first-order valence-electron chi connectivity index (χ1n) is 9.62. The van der Waals surface area contributed by atoms with Crippen LogP contribution in [0.4, 0.5) is 18.9 Å². The number of nitrogens with one attached hydrogen (secondary N) is 1. The summed E-state index contributed by atoms with van der Waals surface area (Å²) >= 11 is 0. The van der Waals surface area contributed by atoms with Crippen molar-refractivity contribution in [1.82, 2.24) is 10.2 Å². The molecule has 1 aliphatic heterocycles. The first kappa shape index (κ1) is 23.0. The van der Waals surface area contributed by atoms with Crippen LogP contribution in [0.3, 0.4) is 0 Å². The Balaban J connectivity index is 1.88. The molecule has 1 saturated heterocycles. The topological polar surface area (TPSA) is 61.9 Å². The van der Waals surface area contributed by atoms with Gasteiger partial charge < -0.3 is 15.0 Å². The lowest BCUT2D eigenvalue weighted by atomic mass is 10.0. The van der Waals surface area contributed by atoms with E-state index in [1.807, 2.05) is 23.6 Å². The standard InChI is InChI=1S/C20H28F3N3O3/c1-14(2)11-17(19(28)29-3)24-18(27)13-25-7-9-26(10-8-25)16-6-4-5-15(12-16)20(21,22)23/h4-6,12,14,17H,7-11,13H2,1-3H3,(H,24,27)/t17-/m1/s1. The van der Waals surface area contributed by atoms with Gasteiger partial charge in [-0.3, -0.25) is 9.69 Å². The number of benzene rings is 1. The summed E-state index contributed by atoms with van der Waals surface area (Å²) in [5.74, 6) is -0.523. The SMILES string of the molecule is COC(=O)[C@@H](CC(C)C)NC(=O)CN1CCN(c2cccc(C(F)(F)F)c2)CC1. The molecule has 1 atom stereocenters. The number of anilines is 1. The second kappa shape index (κ2) is 9.96. The molecule has 0 spiro atoms. The zero-order valence-corrected chi connectivity index (χ0v) is 17.0. The van der Waals surface area contributed by atoms with Crippen LogP contribution in [-0.2, 0) is 20.5 Å². The van der Waals surface area contributed by atoms with Crippen molar-refractivity contribution in [3.63, 3.8) is 0 Å². The van der Waals surface area contributed by atoms with Crippen LogP contribution in [0.5, 0.6) is 0 Å². The molecule has 0 aromatic heterocycles. The van der Waals surface area contributed by atoms with E-state index in [-0.39, 0.29) is 18.4 Å². The van der Waals surface area contributed by atoms with E-state index in [4.69, 9.17) is 4.74 Å². The van der Waals surface area contributed by atoms with Gasteiger partial charge in [-0.2, -0.15) is 13.2 Å². The summed E-state index contributed by atoms with van der Waals surface area (Å²) in [5.41, 5.74) is -0.151. The number of nitrogens with zero attached hydrogens (tertiary/aromatic N) is 2. The van der Waals surface area contributed by atoms with Crippen LogP contribution in [0.1, 0.15) is 25.8 Å². The highest BCUT2D eigenvalue weighted by atomic mass is 19.4. The lowest BCUT2D eigenvalue weighted by Gasteiger charge is -2.36. The number of rotatable bonds is 7. The fraction of sp³-hybridized carbons (Fsp3) is 0.600. The van der Waals surface area contributed by atoms with Crippen LogP contribution < -0.4 is 10.2 Å². The maximum absolute atomic E-state index is 12.9. The molecule has 1 aromatic rings. The van der Waals surface area contributed by atoms with E-state index in [0.29, 0.717) is 38.3 Å². The Labute approximate surface area is 169 Å². The van der Waals surface area contributed by atoms with Gasteiger partial charge in [-0.1, -0.05) is 19.9 Å². The molecule has 1 N–H and O–H groups in total. The van der Waals surface area contributed by atoms with E-state index in [1.54, 1.807) is 6.07 Å². The molecule has 6 nitrogen and oxygen atoms in total. The minimum Gasteiger partial charge on any atom is -0.467 e. The molecule has 2 rings (SSSR count). The summed E-state index contributed by atoms with van der Waals surface area (Å²) in [5, 5.41) is 2.72. The van der Waals surface area contributed by atoms with Crippen molar-refractivity contribution in [2.75, 3.05) is 44.7 Å². The van der Waals surface area contributed by atoms with E-state index in [1.165, 1.54) is 13.2 Å². The van der Waals surface area contributed by atoms with Crippen molar-refractivity contribution in [1.29, 1.82) is 0 Å². The van der Waals surface area contributed by atoms with Crippen molar-refractivity contribution < 1.29 is 27.5 Å². The average molecular weight is 415 g/mol. The predicted octanol–water partition coefficient (Wildman–Crippen LogP) is 2.53. The molecule has 0 radical (unpaired) electrons. The Bertz CT molecular complexity index is 702. The first-order chi connectivity index (χ1) is 13.6. The molecule has 0 aliphatic carbocycles. The summed E-state index contributed by atoms with van der Waals surface area (Å²) in [6.07, 6.45) is -3.89. The molecule has 1 fully saturated rings. The van der Waals surface area contributed by atoms with E-state index in [2.05, 4.69) is 5.32 Å². The third-order valence-electron chi connectivity index (χ3n) is 4.81. The van der Waals surface area contributed by atoms with Crippen molar-refractivity contribution in [3.05, 3.63) is 29.8 Å². The Morgan fingerprint density at radius 1 is 1.17 bits per heavy atom. The molecule has 0 unspecified atom stereocenters. The minimum atomic E-state index is -4.37. The van der Waals surface area contributed by atoms with Crippen LogP contribution in [0, 0.1) is 5.92 Å². The second-order valence-electron chi connectivity index (χ2n) is 7.58. The normalized spacial score (nSPS) is 16.6. The molecule has 29 heavy (non-hydrogen) atoms. The van der Waals surface area contributed by atoms with E-state index < -0.39 is 23.8 Å². The average Bonchev–Trinajstić information content (AvgIpc) is 2.66. The molecule has 1 aliphatic rings. The van der Waals surface area contributed by atoms with E-state index in [9.17, 15) is 22.8 Å². The van der Waals surface area contributed by atoms with Gasteiger partial charge in [0.25, 0.3) is 0 Å². The Morgan fingerprint density at radius 3 is 2.38 bits per heavy atom. The summed E-state index contributed by atoms with van der Waals surface area (Å²) in [4.78, 5) is 28.0. The monoisotopic (exact) mass is 415 g/mol. The Hall–Kier alpha value is -2.29. The Kier molecular flexibility index (Phi) is 7.89. The maximum Gasteiger partial charge on any atom is 0.416 e. The van der Waals surface area contributed by atoms with Gasteiger partial charge in [-0.25, -0.2) is 4.79 Å². The number of piperazine rings is 1. The van der Waals surface area contributed by atoms with Crippen LogP contribution in [-0.4, -0.2) is 62.7 Å². The van der Waals surface area contributed by atoms with Crippen LogP contribution in [0.15, 0.2) is 24.3 Å². The molecular formula is C20H28F3N3O3. The molecule has 1 aromatic carbocycles. The zero-order chi connectivity index (χ0) is 21.6. The fourth-order valence-electron chi connectivity index (χ4n) is 3.31. The molecule has 1 amide bonds. The van der Waals surface area contributed by atoms with Gasteiger partial charge in [-0.15, -0.1) is 0 Å². The molecular weight excluding hydrogens is 387 g/mol. The van der Waals surface area contributed by atoms with Gasteiger partial charge in [0, 0.05) is 31.9 Å². The third-order valence-corrected chi connectivity index (χ3v) is 4.81. The van der Waals surface area contributed by atoms with E-state index >= 15 is 0 Å². The lowest BCUT2D eigenvalue weighted by molar-refractivity contribution is -0.145. The van der Waals surface area contributed by atoms with E-state index in [0.717, 1.165) is 12.1 Å². The van der Waals surface area contributed by atoms with Gasteiger partial charge >= 0.3 is 12.1 Å². The second-order valence-corrected chi connectivity index (χ2v) is 7.58. The predicted molar refractivity (Wildman–Crippen MR) is 103 cm³/mol. The highest BCUT2D eigenvalue weighted by molar-refractivity contribution is 5.85. The van der Waals surface area contributed by atoms with Crippen LogP contribution in [0.2, 0.25) is 0 Å². The molecule has 0 saturated carbocycles. The van der Waals surface area contributed by atoms with Crippen molar-refractivity contribution >= 4 is 17.6 Å². The number of esters is 1. The number of hydrogen-bond acceptors (Lipinski definition) is 5. The van der Waals surface area contributed by atoms with Crippen LogP contribution >= 0.6 is 0 Å². The summed E-state index contributed by atoms with van der Waals surface area (Å²) in [6, 6.07) is 4.58. The lowest BCUT2D eigenvalue weighted by Crippen LogP contribution is -2.51. The number of ether oxygens (including phenoxy) is 1. The smallest absolute Gasteiger partial charge is 0.416 e. The molecule has 1 heterocycles. The van der Waals surface area contributed by atoms with Crippen molar-refractivity contribution in [3.8, 4) is 0 Å². The van der Waals surface area contributed by atoms with Gasteiger partial charge in [0.2, 0.25) is 5.91 Å². The summed E-state index contributed by atoms with van der Waals surface area (Å²) in [6.45, 7) is 6.14. The summed E-state index contributed by atoms with van der Waals surface area (Å²) < 4.78 is 43.5. The first-order valence-corrected chi connectivity index (χ1v) is 9.62. The highest BCUT2D eigenvalue weighted by Crippen LogP contribution is 2.31. The van der Waals surface area contributed by atoms with Gasteiger partial charge in [0.15, 0.2) is 0 Å². The fourth-order valence-corrected chi connectivity index (χ4v) is 3.31. The quantitative estimate of drug-likeness (QED) is 0.694. The number of amides is 1. The number of halogens is 3. The zero-order valence-electron chi connectivity index (χ0n) is 17.0. The van der Waals surface area contributed by atoms with Gasteiger partial charge in [0.05, 0.1) is 19.2 Å². The maximum atomic E-state index is 12.9. The van der Waals surface area contributed by atoms with Crippen molar-refractivity contribution in [2.24, 2.45) is 5.92 Å². The number of carbonyl (C=O) groups excluding carboxylic acids is 2. The number of carbonyl (C=O) groups is 2. The number of alkyl halides is 3. The summed E-state index contributed by atoms with van der Waals surface area (Å²) in [7, 11) is 1.29.